The Morgan fingerprint density at radius 3 is 2.52 bits per heavy atom. The summed E-state index contributed by atoms with van der Waals surface area (Å²) in [6.07, 6.45) is 0. The maximum Gasteiger partial charge on any atom is 0.329 e. The highest BCUT2D eigenvalue weighted by atomic mass is 19.1. The fourth-order valence-electron chi connectivity index (χ4n) is 4.40. The molecule has 2 heterocycles. The summed E-state index contributed by atoms with van der Waals surface area (Å²) in [6, 6.07) is 13.1. The van der Waals surface area contributed by atoms with Crippen molar-refractivity contribution in [2.75, 3.05) is 18.6 Å². The molecule has 7 nitrogen and oxygen atoms in total. The Labute approximate surface area is 166 Å². The van der Waals surface area contributed by atoms with Crippen molar-refractivity contribution in [1.82, 2.24) is 5.32 Å². The highest BCUT2D eigenvalue weighted by Gasteiger charge is 2.69. The van der Waals surface area contributed by atoms with Gasteiger partial charge in [-0.2, -0.15) is 0 Å². The Bertz CT molecular complexity index is 982. The second kappa shape index (κ2) is 7.06. The zero-order valence-electron chi connectivity index (χ0n) is 15.5. The second-order valence-corrected chi connectivity index (χ2v) is 7.15. The summed E-state index contributed by atoms with van der Waals surface area (Å²) < 4.78 is 18.7. The zero-order valence-corrected chi connectivity index (χ0v) is 15.5. The van der Waals surface area contributed by atoms with Crippen molar-refractivity contribution in [2.24, 2.45) is 11.8 Å². The number of benzene rings is 2. The molecule has 0 unspecified atom stereocenters. The molecular weight excluding hydrogens is 379 g/mol. The monoisotopic (exact) mass is 398 g/mol. The van der Waals surface area contributed by atoms with Gasteiger partial charge in [0.25, 0.3) is 0 Å². The lowest BCUT2D eigenvalue weighted by Gasteiger charge is -2.30. The Hall–Kier alpha value is -3.10. The summed E-state index contributed by atoms with van der Waals surface area (Å²) in [7, 11) is 1.14. The van der Waals surface area contributed by atoms with Gasteiger partial charge in [-0.05, 0) is 29.8 Å². The first-order valence-corrected chi connectivity index (χ1v) is 9.10. The highest BCUT2D eigenvalue weighted by molar-refractivity contribution is 6.24. The summed E-state index contributed by atoms with van der Waals surface area (Å²) in [5, 5.41) is 13.0. The molecule has 2 amide bonds. The molecule has 2 aliphatic rings. The van der Waals surface area contributed by atoms with E-state index in [4.69, 9.17) is 4.74 Å². The lowest BCUT2D eigenvalue weighted by Crippen LogP contribution is -2.59. The predicted octanol–water partition coefficient (Wildman–Crippen LogP) is 1.18. The number of ether oxygens (including phenoxy) is 1. The van der Waals surface area contributed by atoms with Gasteiger partial charge in [-0.15, -0.1) is 0 Å². The van der Waals surface area contributed by atoms with Crippen LogP contribution in [0.5, 0.6) is 0 Å². The van der Waals surface area contributed by atoms with Crippen molar-refractivity contribution in [3.63, 3.8) is 0 Å². The van der Waals surface area contributed by atoms with Crippen molar-refractivity contribution in [1.29, 1.82) is 0 Å². The first-order valence-electron chi connectivity index (χ1n) is 9.10. The Balaban J connectivity index is 1.87. The lowest BCUT2D eigenvalue weighted by molar-refractivity contribution is -0.154. The Morgan fingerprint density at radius 2 is 1.90 bits per heavy atom. The maximum absolute atomic E-state index is 13.8. The van der Waals surface area contributed by atoms with E-state index >= 15 is 0 Å². The number of aliphatic hydroxyl groups is 1. The Kier molecular flexibility index (Phi) is 4.68. The topological polar surface area (TPSA) is 95.9 Å². The van der Waals surface area contributed by atoms with Crippen LogP contribution in [-0.4, -0.2) is 42.1 Å². The average Bonchev–Trinajstić information content (AvgIpc) is 3.22. The van der Waals surface area contributed by atoms with E-state index in [0.29, 0.717) is 11.3 Å². The summed E-state index contributed by atoms with van der Waals surface area (Å²) >= 11 is 0. The summed E-state index contributed by atoms with van der Waals surface area (Å²) in [4.78, 5) is 40.3. The molecule has 4 rings (SSSR count). The molecule has 2 aromatic carbocycles. The van der Waals surface area contributed by atoms with E-state index in [0.717, 1.165) is 12.0 Å². The van der Waals surface area contributed by atoms with E-state index in [-0.39, 0.29) is 0 Å². The molecule has 2 saturated heterocycles. The molecule has 2 fully saturated rings. The molecule has 150 valence electrons. The standard InChI is InChI=1S/C21H19FN2O5/c1-29-20(28)21(11-25)16-15(17(23-21)12-6-5-7-13(22)10-12)18(26)24(19(16)27)14-8-3-2-4-9-14/h2-10,15-17,23,25H,11H2,1H3/t15-,16+,17-,21-/m0/s1. The number of carbonyl (C=O) groups is 3. The number of esters is 1. The molecule has 0 spiro atoms. The van der Waals surface area contributed by atoms with Crippen LogP contribution in [0.2, 0.25) is 0 Å². The molecule has 0 saturated carbocycles. The van der Waals surface area contributed by atoms with Crippen LogP contribution in [0.3, 0.4) is 0 Å². The third-order valence-corrected chi connectivity index (χ3v) is 5.68. The zero-order chi connectivity index (χ0) is 20.8. The number of anilines is 1. The number of imide groups is 1. The first kappa shape index (κ1) is 19.2. The number of hydrogen-bond donors (Lipinski definition) is 2. The van der Waals surface area contributed by atoms with E-state index in [2.05, 4.69) is 5.32 Å². The van der Waals surface area contributed by atoms with Gasteiger partial charge in [-0.1, -0.05) is 30.3 Å². The number of hydrogen-bond acceptors (Lipinski definition) is 6. The summed E-state index contributed by atoms with van der Waals surface area (Å²) in [5.74, 6) is -4.71. The number of amides is 2. The average molecular weight is 398 g/mol. The van der Waals surface area contributed by atoms with Crippen LogP contribution >= 0.6 is 0 Å². The quantitative estimate of drug-likeness (QED) is 0.593. The predicted molar refractivity (Wildman–Crippen MR) is 100 cm³/mol. The minimum Gasteiger partial charge on any atom is -0.468 e. The van der Waals surface area contributed by atoms with Crippen molar-refractivity contribution < 1.29 is 28.6 Å². The maximum atomic E-state index is 13.8. The molecule has 2 aromatic rings. The number of para-hydroxylation sites is 1. The van der Waals surface area contributed by atoms with E-state index < -0.39 is 53.6 Å². The van der Waals surface area contributed by atoms with Gasteiger partial charge in [-0.3, -0.25) is 14.9 Å². The minimum absolute atomic E-state index is 0.367. The van der Waals surface area contributed by atoms with Gasteiger partial charge in [0.15, 0.2) is 5.54 Å². The minimum atomic E-state index is -1.81. The van der Waals surface area contributed by atoms with Gasteiger partial charge in [-0.25, -0.2) is 14.1 Å². The molecule has 0 radical (unpaired) electrons. The number of halogens is 1. The van der Waals surface area contributed by atoms with Crippen molar-refractivity contribution >= 4 is 23.5 Å². The number of rotatable bonds is 4. The molecule has 2 aliphatic heterocycles. The number of nitrogens with zero attached hydrogens (tertiary/aromatic N) is 1. The van der Waals surface area contributed by atoms with Crippen LogP contribution in [0.1, 0.15) is 11.6 Å². The first-order chi connectivity index (χ1) is 13.9. The molecule has 2 N–H and O–H groups in total. The number of carbonyl (C=O) groups excluding carboxylic acids is 3. The highest BCUT2D eigenvalue weighted by Crippen LogP contribution is 2.50. The van der Waals surface area contributed by atoms with E-state index in [1.165, 1.54) is 18.2 Å². The van der Waals surface area contributed by atoms with Gasteiger partial charge < -0.3 is 9.84 Å². The van der Waals surface area contributed by atoms with Crippen LogP contribution in [0.25, 0.3) is 0 Å². The van der Waals surface area contributed by atoms with Crippen LogP contribution in [0.15, 0.2) is 54.6 Å². The smallest absolute Gasteiger partial charge is 0.329 e. The lowest BCUT2D eigenvalue weighted by atomic mass is 9.79. The summed E-state index contributed by atoms with van der Waals surface area (Å²) in [5.41, 5.74) is -1.05. The van der Waals surface area contributed by atoms with E-state index in [1.54, 1.807) is 36.4 Å². The van der Waals surface area contributed by atoms with E-state index in [1.807, 2.05) is 0 Å². The van der Waals surface area contributed by atoms with Crippen molar-refractivity contribution in [3.8, 4) is 0 Å². The molecule has 4 atom stereocenters. The van der Waals surface area contributed by atoms with Gasteiger partial charge in [0.05, 0.1) is 31.2 Å². The van der Waals surface area contributed by atoms with Crippen molar-refractivity contribution in [3.05, 3.63) is 66.0 Å². The van der Waals surface area contributed by atoms with Gasteiger partial charge >= 0.3 is 5.97 Å². The Morgan fingerprint density at radius 1 is 1.17 bits per heavy atom. The largest absolute Gasteiger partial charge is 0.468 e. The summed E-state index contributed by atoms with van der Waals surface area (Å²) in [6.45, 7) is -0.756. The molecule has 0 aliphatic carbocycles. The van der Waals surface area contributed by atoms with Gasteiger partial charge in [0, 0.05) is 6.04 Å². The van der Waals surface area contributed by atoms with Crippen LogP contribution in [0.4, 0.5) is 10.1 Å². The normalized spacial score (nSPS) is 28.5. The van der Waals surface area contributed by atoms with Crippen LogP contribution < -0.4 is 10.2 Å². The molecule has 8 heteroatoms. The number of nitrogens with one attached hydrogen (secondary N) is 1. The fourth-order valence-corrected chi connectivity index (χ4v) is 4.40. The van der Waals surface area contributed by atoms with Crippen LogP contribution in [-0.2, 0) is 19.1 Å². The van der Waals surface area contributed by atoms with Crippen LogP contribution in [0, 0.1) is 17.7 Å². The van der Waals surface area contributed by atoms with Gasteiger partial charge in [0.2, 0.25) is 11.8 Å². The third kappa shape index (κ3) is 2.75. The number of methoxy groups -OCH3 is 1. The third-order valence-electron chi connectivity index (χ3n) is 5.68. The molecular formula is C21H19FN2O5. The van der Waals surface area contributed by atoms with E-state index in [9.17, 15) is 23.9 Å². The number of aliphatic hydroxyl groups excluding tert-OH is 1. The fraction of sp³-hybridized carbons (Fsp3) is 0.286. The number of fused-ring (bicyclic) bond motifs is 1. The molecule has 29 heavy (non-hydrogen) atoms. The molecule has 0 bridgehead atoms. The second-order valence-electron chi connectivity index (χ2n) is 7.15. The van der Waals surface area contributed by atoms with Crippen molar-refractivity contribution in [2.45, 2.75) is 11.6 Å². The van der Waals surface area contributed by atoms with Gasteiger partial charge in [0.1, 0.15) is 5.82 Å². The molecule has 0 aromatic heterocycles. The SMILES string of the molecule is COC(=O)[C@@]1(CO)N[C@@H](c2cccc(F)c2)[C@H]2C(=O)N(c3ccccc3)C(=O)[C@@H]21.